The van der Waals surface area contributed by atoms with Crippen LogP contribution in [0, 0.1) is 17.1 Å². The van der Waals surface area contributed by atoms with Gasteiger partial charge in [0.1, 0.15) is 23.4 Å². The lowest BCUT2D eigenvalue weighted by molar-refractivity contribution is 0.498. The molecule has 0 spiro atoms. The maximum Gasteiger partial charge on any atom is 0.142 e. The van der Waals surface area contributed by atoms with Crippen molar-refractivity contribution < 1.29 is 4.39 Å². The van der Waals surface area contributed by atoms with Crippen molar-refractivity contribution in [1.82, 2.24) is 15.2 Å². The van der Waals surface area contributed by atoms with E-state index in [1.165, 1.54) is 12.1 Å². The van der Waals surface area contributed by atoms with Crippen LogP contribution in [0.3, 0.4) is 0 Å². The van der Waals surface area contributed by atoms with E-state index in [4.69, 9.17) is 5.26 Å². The molecule has 2 aromatic heterocycles. The topological polar surface area (TPSA) is 68.6 Å². The van der Waals surface area contributed by atoms with Gasteiger partial charge in [0, 0.05) is 30.3 Å². The Hall–Kier alpha value is -3.20. The molecule has 1 N–H and O–H groups in total. The molecule has 3 aromatic rings. The lowest BCUT2D eigenvalue weighted by Crippen LogP contribution is -2.35. The second-order valence-electron chi connectivity index (χ2n) is 6.48. The highest BCUT2D eigenvalue weighted by Gasteiger charge is 2.26. The number of halogens is 1. The van der Waals surface area contributed by atoms with Crippen LogP contribution >= 0.6 is 0 Å². The first kappa shape index (κ1) is 16.3. The molecule has 0 saturated carbocycles. The number of hydrogen-bond donors (Lipinski definition) is 1. The van der Waals surface area contributed by atoms with Crippen LogP contribution < -0.4 is 4.90 Å². The van der Waals surface area contributed by atoms with Crippen LogP contribution in [-0.4, -0.2) is 28.3 Å². The van der Waals surface area contributed by atoms with Crippen LogP contribution in [0.5, 0.6) is 0 Å². The zero-order valence-electron chi connectivity index (χ0n) is 14.2. The first-order valence-electron chi connectivity index (χ1n) is 8.66. The number of rotatable bonds is 3. The van der Waals surface area contributed by atoms with Gasteiger partial charge in [0.25, 0.3) is 0 Å². The minimum Gasteiger partial charge on any atom is -0.356 e. The smallest absolute Gasteiger partial charge is 0.142 e. The lowest BCUT2D eigenvalue weighted by atomic mass is 9.90. The Kier molecular flexibility index (Phi) is 4.36. The van der Waals surface area contributed by atoms with Gasteiger partial charge in [-0.05, 0) is 42.7 Å². The summed E-state index contributed by atoms with van der Waals surface area (Å²) in [5.74, 6) is 0.863. The van der Waals surface area contributed by atoms with E-state index in [-0.39, 0.29) is 11.7 Å². The Morgan fingerprint density at radius 1 is 1.19 bits per heavy atom. The summed E-state index contributed by atoms with van der Waals surface area (Å²) in [6.07, 6.45) is 3.88. The summed E-state index contributed by atoms with van der Waals surface area (Å²) >= 11 is 0. The van der Waals surface area contributed by atoms with Gasteiger partial charge in [0.2, 0.25) is 0 Å². The highest BCUT2D eigenvalue weighted by Crippen LogP contribution is 2.34. The predicted molar refractivity (Wildman–Crippen MR) is 97.1 cm³/mol. The number of nitrogens with zero attached hydrogens (tertiary/aromatic N) is 4. The summed E-state index contributed by atoms with van der Waals surface area (Å²) in [5, 5.41) is 16.4. The van der Waals surface area contributed by atoms with Gasteiger partial charge in [-0.2, -0.15) is 10.4 Å². The summed E-state index contributed by atoms with van der Waals surface area (Å²) in [7, 11) is 0. The second-order valence-corrected chi connectivity index (χ2v) is 6.48. The van der Waals surface area contributed by atoms with Gasteiger partial charge in [0.15, 0.2) is 0 Å². The van der Waals surface area contributed by atoms with Gasteiger partial charge >= 0.3 is 0 Å². The van der Waals surface area contributed by atoms with E-state index in [2.05, 4.69) is 26.2 Å². The molecule has 0 bridgehead atoms. The van der Waals surface area contributed by atoms with Crippen LogP contribution in [0.1, 0.15) is 30.1 Å². The number of nitrogens with one attached hydrogen (secondary N) is 1. The summed E-state index contributed by atoms with van der Waals surface area (Å²) < 4.78 is 13.2. The molecule has 1 fully saturated rings. The van der Waals surface area contributed by atoms with E-state index >= 15 is 0 Å². The molecule has 1 saturated heterocycles. The van der Waals surface area contributed by atoms with Crippen molar-refractivity contribution in [2.24, 2.45) is 0 Å². The molecule has 6 heteroatoms. The van der Waals surface area contributed by atoms with Crippen LogP contribution in [-0.2, 0) is 0 Å². The number of nitriles is 1. The fraction of sp³-hybridized carbons (Fsp3) is 0.250. The molecule has 1 aliphatic rings. The molecule has 130 valence electrons. The molecule has 1 aromatic carbocycles. The quantitative estimate of drug-likeness (QED) is 0.781. The number of hydrogen-bond acceptors (Lipinski definition) is 4. The van der Waals surface area contributed by atoms with Crippen LogP contribution in [0.15, 0.2) is 48.7 Å². The van der Waals surface area contributed by atoms with Crippen molar-refractivity contribution in [3.8, 4) is 17.2 Å². The van der Waals surface area contributed by atoms with E-state index in [9.17, 15) is 4.39 Å². The number of pyridine rings is 1. The molecule has 26 heavy (non-hydrogen) atoms. The van der Waals surface area contributed by atoms with E-state index in [0.717, 1.165) is 48.6 Å². The molecule has 5 nitrogen and oxygen atoms in total. The number of aromatic nitrogens is 3. The largest absolute Gasteiger partial charge is 0.356 e. The SMILES string of the molecule is N#Cc1cccc(N2CCC[C@@H](c3[nH]ncc3-c3ccc(F)cc3)C2)n1. The summed E-state index contributed by atoms with van der Waals surface area (Å²) in [5.41, 5.74) is 3.46. The fourth-order valence-corrected chi connectivity index (χ4v) is 3.55. The molecule has 0 amide bonds. The Bertz CT molecular complexity index is 941. The number of aromatic amines is 1. The van der Waals surface area contributed by atoms with Gasteiger partial charge in [-0.15, -0.1) is 0 Å². The van der Waals surface area contributed by atoms with Crippen molar-refractivity contribution in [3.05, 3.63) is 65.9 Å². The molecular weight excluding hydrogens is 329 g/mol. The number of H-pyrrole nitrogens is 1. The van der Waals surface area contributed by atoms with Crippen LogP contribution in [0.25, 0.3) is 11.1 Å². The molecule has 0 aliphatic carbocycles. The lowest BCUT2D eigenvalue weighted by Gasteiger charge is -2.33. The van der Waals surface area contributed by atoms with E-state index in [1.54, 1.807) is 24.4 Å². The molecule has 0 unspecified atom stereocenters. The second kappa shape index (κ2) is 6.96. The van der Waals surface area contributed by atoms with Crippen molar-refractivity contribution >= 4 is 5.82 Å². The highest BCUT2D eigenvalue weighted by atomic mass is 19.1. The monoisotopic (exact) mass is 347 g/mol. The van der Waals surface area contributed by atoms with Gasteiger partial charge in [0.05, 0.1) is 6.20 Å². The third-order valence-corrected chi connectivity index (χ3v) is 4.83. The van der Waals surface area contributed by atoms with Gasteiger partial charge in [-0.3, -0.25) is 5.10 Å². The average molecular weight is 347 g/mol. The Labute approximate surface area is 151 Å². The van der Waals surface area contributed by atoms with Gasteiger partial charge in [-0.25, -0.2) is 9.37 Å². The molecule has 0 radical (unpaired) electrons. The van der Waals surface area contributed by atoms with Crippen molar-refractivity contribution in [1.29, 1.82) is 5.26 Å². The zero-order chi connectivity index (χ0) is 17.9. The first-order chi connectivity index (χ1) is 12.7. The Balaban J connectivity index is 1.60. The maximum atomic E-state index is 13.2. The van der Waals surface area contributed by atoms with Gasteiger partial charge in [-0.1, -0.05) is 18.2 Å². The number of benzene rings is 1. The Morgan fingerprint density at radius 2 is 2.04 bits per heavy atom. The maximum absolute atomic E-state index is 13.2. The third kappa shape index (κ3) is 3.16. The van der Waals surface area contributed by atoms with E-state index < -0.39 is 0 Å². The van der Waals surface area contributed by atoms with E-state index in [0.29, 0.717) is 5.69 Å². The van der Waals surface area contributed by atoms with E-state index in [1.807, 2.05) is 12.1 Å². The van der Waals surface area contributed by atoms with Gasteiger partial charge < -0.3 is 4.90 Å². The molecule has 3 heterocycles. The van der Waals surface area contributed by atoms with Crippen molar-refractivity contribution in [2.45, 2.75) is 18.8 Å². The summed E-state index contributed by atoms with van der Waals surface area (Å²) in [4.78, 5) is 6.63. The average Bonchev–Trinajstić information content (AvgIpc) is 3.18. The Morgan fingerprint density at radius 3 is 2.85 bits per heavy atom. The summed E-state index contributed by atoms with van der Waals surface area (Å²) in [6.45, 7) is 1.72. The van der Waals surface area contributed by atoms with Crippen molar-refractivity contribution in [2.75, 3.05) is 18.0 Å². The number of piperidine rings is 1. The minimum absolute atomic E-state index is 0.244. The normalized spacial score (nSPS) is 17.1. The molecule has 1 atom stereocenters. The highest BCUT2D eigenvalue weighted by molar-refractivity contribution is 5.66. The predicted octanol–water partition coefficient (Wildman–Crippen LogP) is 3.87. The standard InChI is InChI=1S/C20H18FN5/c21-16-8-6-14(7-9-16)18-12-23-25-20(18)15-3-2-10-26(13-15)19-5-1-4-17(11-22)24-19/h1,4-9,12,15H,2-3,10,13H2,(H,23,25)/t15-/m1/s1. The van der Waals surface area contributed by atoms with Crippen molar-refractivity contribution in [3.63, 3.8) is 0 Å². The van der Waals surface area contributed by atoms with Crippen LogP contribution in [0.2, 0.25) is 0 Å². The fourth-order valence-electron chi connectivity index (χ4n) is 3.55. The first-order valence-corrected chi connectivity index (χ1v) is 8.66. The zero-order valence-corrected chi connectivity index (χ0v) is 14.2. The minimum atomic E-state index is -0.244. The molecule has 1 aliphatic heterocycles. The van der Waals surface area contributed by atoms with Crippen LogP contribution in [0.4, 0.5) is 10.2 Å². The third-order valence-electron chi connectivity index (χ3n) is 4.83. The molecular formula is C20H18FN5. The summed E-state index contributed by atoms with van der Waals surface area (Å²) in [6, 6.07) is 14.1. The molecule has 4 rings (SSSR count). The number of anilines is 1.